The third-order valence-corrected chi connectivity index (χ3v) is 7.61. The predicted octanol–water partition coefficient (Wildman–Crippen LogP) is 9.19. The zero-order chi connectivity index (χ0) is 26.8. The van der Waals surface area contributed by atoms with Crippen molar-refractivity contribution in [3.05, 3.63) is 65.5 Å². The van der Waals surface area contributed by atoms with Gasteiger partial charge in [-0.2, -0.15) is 0 Å². The van der Waals surface area contributed by atoms with E-state index in [1.165, 1.54) is 95.4 Å². The second-order valence-corrected chi connectivity index (χ2v) is 11.0. The van der Waals surface area contributed by atoms with E-state index < -0.39 is 0 Å². The van der Waals surface area contributed by atoms with Gasteiger partial charge in [0.15, 0.2) is 0 Å². The molecule has 208 valence electrons. The first-order chi connectivity index (χ1) is 18.7. The number of hydrogen-bond donors (Lipinski definition) is 1. The number of rotatable bonds is 20. The minimum atomic E-state index is 0.00427. The van der Waals surface area contributed by atoms with Crippen LogP contribution >= 0.6 is 0 Å². The van der Waals surface area contributed by atoms with Gasteiger partial charge in [0, 0.05) is 25.1 Å². The smallest absolute Gasteiger partial charge is 0.251 e. The fourth-order valence-corrected chi connectivity index (χ4v) is 5.37. The molecule has 0 aliphatic heterocycles. The Kier molecular flexibility index (Phi) is 14.0. The predicted molar refractivity (Wildman–Crippen MR) is 162 cm³/mol. The number of fused-ring (bicyclic) bond motifs is 1. The van der Waals surface area contributed by atoms with Crippen molar-refractivity contribution >= 4 is 16.9 Å². The SMILES string of the molecule is CCCCCCCCCCCCCCCCn1c(CCCNC(=O)c2cccc(C)c2)nc2ccccc21. The van der Waals surface area contributed by atoms with Gasteiger partial charge >= 0.3 is 0 Å². The van der Waals surface area contributed by atoms with Crippen LogP contribution < -0.4 is 5.32 Å². The molecule has 4 nitrogen and oxygen atoms in total. The quantitative estimate of drug-likeness (QED) is 0.152. The van der Waals surface area contributed by atoms with Crippen molar-refractivity contribution < 1.29 is 4.79 Å². The maximum Gasteiger partial charge on any atom is 0.251 e. The number of aromatic nitrogens is 2. The molecule has 1 amide bonds. The molecule has 2 aromatic carbocycles. The number of carbonyl (C=O) groups is 1. The largest absolute Gasteiger partial charge is 0.352 e. The summed E-state index contributed by atoms with van der Waals surface area (Å²) in [7, 11) is 0. The van der Waals surface area contributed by atoms with Gasteiger partial charge in [0.05, 0.1) is 11.0 Å². The maximum absolute atomic E-state index is 12.4. The van der Waals surface area contributed by atoms with E-state index in [-0.39, 0.29) is 5.91 Å². The van der Waals surface area contributed by atoms with Crippen LogP contribution in [0.25, 0.3) is 11.0 Å². The monoisotopic (exact) mass is 517 g/mol. The van der Waals surface area contributed by atoms with Crippen LogP contribution in [0.1, 0.15) is 125 Å². The van der Waals surface area contributed by atoms with Crippen molar-refractivity contribution in [1.82, 2.24) is 14.9 Å². The fourth-order valence-electron chi connectivity index (χ4n) is 5.37. The summed E-state index contributed by atoms with van der Waals surface area (Å²) in [5, 5.41) is 3.07. The Morgan fingerprint density at radius 3 is 2.05 bits per heavy atom. The molecule has 0 bridgehead atoms. The molecule has 3 rings (SSSR count). The standard InChI is InChI=1S/C34H51N3O/c1-3-4-5-6-7-8-9-10-11-12-13-14-15-18-27-37-32-24-17-16-23-31(32)36-33(37)25-20-26-35-34(38)30-22-19-21-29(2)28-30/h16-17,19,21-24,28H,3-15,18,20,25-27H2,1-2H3,(H,35,38). The van der Waals surface area contributed by atoms with E-state index in [0.29, 0.717) is 6.54 Å². The van der Waals surface area contributed by atoms with Gasteiger partial charge in [0.1, 0.15) is 5.82 Å². The minimum Gasteiger partial charge on any atom is -0.352 e. The van der Waals surface area contributed by atoms with Crippen LogP contribution in [0.15, 0.2) is 48.5 Å². The van der Waals surface area contributed by atoms with E-state index >= 15 is 0 Å². The topological polar surface area (TPSA) is 46.9 Å². The summed E-state index contributed by atoms with van der Waals surface area (Å²) in [6.07, 6.45) is 21.1. The lowest BCUT2D eigenvalue weighted by Crippen LogP contribution is -2.25. The van der Waals surface area contributed by atoms with Crippen LogP contribution in [0.3, 0.4) is 0 Å². The van der Waals surface area contributed by atoms with Crippen LogP contribution in [-0.2, 0) is 13.0 Å². The summed E-state index contributed by atoms with van der Waals surface area (Å²) in [6, 6.07) is 16.2. The number of hydrogen-bond acceptors (Lipinski definition) is 2. The molecule has 0 saturated carbocycles. The third kappa shape index (κ3) is 10.6. The Hall–Kier alpha value is -2.62. The molecule has 0 fully saturated rings. The van der Waals surface area contributed by atoms with E-state index in [4.69, 9.17) is 4.98 Å². The highest BCUT2D eigenvalue weighted by molar-refractivity contribution is 5.94. The van der Waals surface area contributed by atoms with E-state index in [1.54, 1.807) is 0 Å². The molecule has 3 aromatic rings. The normalized spacial score (nSPS) is 11.3. The summed E-state index contributed by atoms with van der Waals surface area (Å²) >= 11 is 0. The van der Waals surface area contributed by atoms with Gasteiger partial charge in [-0.1, -0.05) is 120 Å². The average molecular weight is 518 g/mol. The average Bonchev–Trinajstić information content (AvgIpc) is 3.28. The molecule has 0 saturated heterocycles. The fraction of sp³-hybridized carbons (Fsp3) is 0.588. The lowest BCUT2D eigenvalue weighted by molar-refractivity contribution is 0.0953. The summed E-state index contributed by atoms with van der Waals surface area (Å²) < 4.78 is 2.41. The van der Waals surface area contributed by atoms with Crippen molar-refractivity contribution in [2.24, 2.45) is 0 Å². The molecule has 1 aromatic heterocycles. The summed E-state index contributed by atoms with van der Waals surface area (Å²) in [5.41, 5.74) is 4.16. The molecular formula is C34H51N3O. The number of para-hydroxylation sites is 2. The van der Waals surface area contributed by atoms with Gasteiger partial charge in [-0.25, -0.2) is 4.98 Å². The molecule has 1 heterocycles. The highest BCUT2D eigenvalue weighted by Crippen LogP contribution is 2.19. The number of nitrogens with one attached hydrogen (secondary N) is 1. The second-order valence-electron chi connectivity index (χ2n) is 11.0. The number of aryl methyl sites for hydroxylation is 3. The number of amides is 1. The maximum atomic E-state index is 12.4. The van der Waals surface area contributed by atoms with Crippen LogP contribution in [0.4, 0.5) is 0 Å². The molecule has 0 unspecified atom stereocenters. The first-order valence-electron chi connectivity index (χ1n) is 15.5. The van der Waals surface area contributed by atoms with Crippen molar-refractivity contribution in [2.45, 2.75) is 123 Å². The zero-order valence-electron chi connectivity index (χ0n) is 24.1. The van der Waals surface area contributed by atoms with E-state index in [0.717, 1.165) is 41.9 Å². The highest BCUT2D eigenvalue weighted by Gasteiger charge is 2.11. The summed E-state index contributed by atoms with van der Waals surface area (Å²) in [6.45, 7) is 5.99. The molecule has 0 atom stereocenters. The van der Waals surface area contributed by atoms with E-state index in [9.17, 15) is 4.79 Å². The molecule has 38 heavy (non-hydrogen) atoms. The van der Waals surface area contributed by atoms with Crippen LogP contribution in [0.5, 0.6) is 0 Å². The minimum absolute atomic E-state index is 0.00427. The van der Waals surface area contributed by atoms with Gasteiger partial charge in [0.2, 0.25) is 0 Å². The van der Waals surface area contributed by atoms with E-state index in [2.05, 4.69) is 41.1 Å². The zero-order valence-corrected chi connectivity index (χ0v) is 24.1. The third-order valence-electron chi connectivity index (χ3n) is 7.61. The number of nitrogens with zero attached hydrogens (tertiary/aromatic N) is 2. The van der Waals surface area contributed by atoms with Crippen molar-refractivity contribution in [3.63, 3.8) is 0 Å². The van der Waals surface area contributed by atoms with Gasteiger partial charge < -0.3 is 9.88 Å². The van der Waals surface area contributed by atoms with Crippen molar-refractivity contribution in [2.75, 3.05) is 6.54 Å². The summed E-state index contributed by atoms with van der Waals surface area (Å²) in [5.74, 6) is 1.15. The van der Waals surface area contributed by atoms with Crippen molar-refractivity contribution in [1.29, 1.82) is 0 Å². The van der Waals surface area contributed by atoms with Gasteiger partial charge in [-0.3, -0.25) is 4.79 Å². The molecule has 0 spiro atoms. The van der Waals surface area contributed by atoms with Crippen LogP contribution in [0, 0.1) is 6.92 Å². The Labute approximate surface area is 231 Å². The second kappa shape index (κ2) is 17.8. The molecule has 0 radical (unpaired) electrons. The molecule has 1 N–H and O–H groups in total. The number of carbonyl (C=O) groups excluding carboxylic acids is 1. The Balaban J connectivity index is 1.32. The Bertz CT molecular complexity index is 1070. The Morgan fingerprint density at radius 1 is 0.763 bits per heavy atom. The first-order valence-corrected chi connectivity index (χ1v) is 15.5. The van der Waals surface area contributed by atoms with Crippen molar-refractivity contribution in [3.8, 4) is 0 Å². The van der Waals surface area contributed by atoms with E-state index in [1.807, 2.05) is 31.2 Å². The van der Waals surface area contributed by atoms with Gasteiger partial charge in [0.25, 0.3) is 5.91 Å². The lowest BCUT2D eigenvalue weighted by Gasteiger charge is -2.10. The molecule has 4 heteroatoms. The molecular weight excluding hydrogens is 466 g/mol. The van der Waals surface area contributed by atoms with Crippen LogP contribution in [0.2, 0.25) is 0 Å². The Morgan fingerprint density at radius 2 is 1.39 bits per heavy atom. The lowest BCUT2D eigenvalue weighted by atomic mass is 10.0. The van der Waals surface area contributed by atoms with Crippen LogP contribution in [-0.4, -0.2) is 22.0 Å². The highest BCUT2D eigenvalue weighted by atomic mass is 16.1. The molecule has 0 aliphatic rings. The summed E-state index contributed by atoms with van der Waals surface area (Å²) in [4.78, 5) is 17.4. The number of benzene rings is 2. The number of unbranched alkanes of at least 4 members (excludes halogenated alkanes) is 13. The molecule has 0 aliphatic carbocycles. The van der Waals surface area contributed by atoms with Gasteiger partial charge in [-0.15, -0.1) is 0 Å². The van der Waals surface area contributed by atoms with Gasteiger partial charge in [-0.05, 0) is 44.0 Å². The first kappa shape index (κ1) is 29.9. The number of imidazole rings is 1.